The minimum Gasteiger partial charge on any atom is -0.493 e. The van der Waals surface area contributed by atoms with Gasteiger partial charge in [-0.25, -0.2) is 9.67 Å². The molecule has 0 atom stereocenters. The summed E-state index contributed by atoms with van der Waals surface area (Å²) in [6.45, 7) is 1.86. The number of amides is 1. The molecule has 0 radical (unpaired) electrons. The van der Waals surface area contributed by atoms with Crippen molar-refractivity contribution in [2.75, 3.05) is 12.4 Å². The monoisotopic (exact) mass is 348 g/mol. The van der Waals surface area contributed by atoms with Gasteiger partial charge in [0.2, 0.25) is 0 Å². The first-order chi connectivity index (χ1) is 12.7. The van der Waals surface area contributed by atoms with Crippen LogP contribution in [-0.4, -0.2) is 27.8 Å². The molecule has 7 heteroatoms. The van der Waals surface area contributed by atoms with E-state index in [1.54, 1.807) is 36.3 Å². The second-order valence-corrected chi connectivity index (χ2v) is 5.73. The molecule has 26 heavy (non-hydrogen) atoms. The van der Waals surface area contributed by atoms with Gasteiger partial charge < -0.3 is 14.5 Å². The number of anilines is 1. The van der Waals surface area contributed by atoms with Gasteiger partial charge in [0.15, 0.2) is 17.1 Å². The second-order valence-electron chi connectivity index (χ2n) is 5.73. The Hall–Kier alpha value is -3.61. The molecule has 0 unspecified atom stereocenters. The SMILES string of the molecule is COc1cccc2c(C)c(C(=O)Nc3ccc(-n4cncn4)cc3)oc12. The highest BCUT2D eigenvalue weighted by Gasteiger charge is 2.19. The van der Waals surface area contributed by atoms with Crippen molar-refractivity contribution in [3.63, 3.8) is 0 Å². The molecular weight excluding hydrogens is 332 g/mol. The lowest BCUT2D eigenvalue weighted by molar-refractivity contribution is 0.0998. The van der Waals surface area contributed by atoms with Gasteiger partial charge in [0.1, 0.15) is 12.7 Å². The molecule has 0 saturated heterocycles. The summed E-state index contributed by atoms with van der Waals surface area (Å²) in [6.07, 6.45) is 3.08. The fourth-order valence-corrected chi connectivity index (χ4v) is 2.82. The first-order valence-electron chi connectivity index (χ1n) is 8.00. The van der Waals surface area contributed by atoms with Crippen molar-refractivity contribution in [1.29, 1.82) is 0 Å². The van der Waals surface area contributed by atoms with E-state index < -0.39 is 0 Å². The molecule has 0 aliphatic heterocycles. The highest BCUT2D eigenvalue weighted by atomic mass is 16.5. The first-order valence-corrected chi connectivity index (χ1v) is 8.00. The molecule has 0 bridgehead atoms. The number of aryl methyl sites for hydroxylation is 1. The molecule has 2 aromatic heterocycles. The molecule has 7 nitrogen and oxygen atoms in total. The number of ether oxygens (including phenoxy) is 1. The van der Waals surface area contributed by atoms with Crippen LogP contribution in [0.1, 0.15) is 16.1 Å². The number of para-hydroxylation sites is 1. The zero-order valence-electron chi connectivity index (χ0n) is 14.3. The van der Waals surface area contributed by atoms with Crippen molar-refractivity contribution in [3.8, 4) is 11.4 Å². The fourth-order valence-electron chi connectivity index (χ4n) is 2.82. The van der Waals surface area contributed by atoms with Crippen molar-refractivity contribution in [2.45, 2.75) is 6.92 Å². The highest BCUT2D eigenvalue weighted by Crippen LogP contribution is 2.32. The Kier molecular flexibility index (Phi) is 3.89. The van der Waals surface area contributed by atoms with E-state index in [9.17, 15) is 4.79 Å². The third-order valence-electron chi connectivity index (χ3n) is 4.16. The lowest BCUT2D eigenvalue weighted by Gasteiger charge is -2.05. The summed E-state index contributed by atoms with van der Waals surface area (Å²) in [6, 6.07) is 12.9. The van der Waals surface area contributed by atoms with Crippen molar-refractivity contribution >= 4 is 22.6 Å². The molecule has 0 saturated carbocycles. The van der Waals surface area contributed by atoms with E-state index in [1.807, 2.05) is 31.2 Å². The Labute approximate surface area is 149 Å². The number of hydrogen-bond acceptors (Lipinski definition) is 5. The number of hydrogen-bond donors (Lipinski definition) is 1. The van der Waals surface area contributed by atoms with Crippen LogP contribution in [0.2, 0.25) is 0 Å². The number of methoxy groups -OCH3 is 1. The van der Waals surface area contributed by atoms with Crippen molar-refractivity contribution in [2.24, 2.45) is 0 Å². The van der Waals surface area contributed by atoms with Crippen LogP contribution in [0.25, 0.3) is 16.7 Å². The van der Waals surface area contributed by atoms with E-state index in [2.05, 4.69) is 15.4 Å². The van der Waals surface area contributed by atoms with Crippen molar-refractivity contribution < 1.29 is 13.9 Å². The highest BCUT2D eigenvalue weighted by molar-refractivity contribution is 6.07. The number of aromatic nitrogens is 3. The minimum atomic E-state index is -0.311. The maximum Gasteiger partial charge on any atom is 0.291 e. The van der Waals surface area contributed by atoms with E-state index in [-0.39, 0.29) is 11.7 Å². The molecule has 130 valence electrons. The predicted octanol–water partition coefficient (Wildman–Crippen LogP) is 3.58. The van der Waals surface area contributed by atoms with Gasteiger partial charge in [0.05, 0.1) is 12.8 Å². The van der Waals surface area contributed by atoms with Gasteiger partial charge in [-0.15, -0.1) is 0 Å². The quantitative estimate of drug-likeness (QED) is 0.609. The number of carbonyl (C=O) groups is 1. The topological polar surface area (TPSA) is 82.2 Å². The Bertz CT molecular complexity index is 1070. The molecule has 2 aromatic carbocycles. The van der Waals surface area contributed by atoms with E-state index in [4.69, 9.17) is 9.15 Å². The van der Waals surface area contributed by atoms with Crippen LogP contribution in [0, 0.1) is 6.92 Å². The summed E-state index contributed by atoms with van der Waals surface area (Å²) in [5.74, 6) is 0.556. The third-order valence-corrected chi connectivity index (χ3v) is 4.16. The van der Waals surface area contributed by atoms with Crippen LogP contribution in [0.5, 0.6) is 5.75 Å². The number of carbonyl (C=O) groups excluding carboxylic acids is 1. The molecule has 1 amide bonds. The summed E-state index contributed by atoms with van der Waals surface area (Å²) in [5.41, 5.74) is 2.85. The Morgan fingerprint density at radius 2 is 2.00 bits per heavy atom. The number of nitrogens with zero attached hydrogens (tertiary/aromatic N) is 3. The summed E-state index contributed by atoms with van der Waals surface area (Å²) >= 11 is 0. The van der Waals surface area contributed by atoms with Gasteiger partial charge in [-0.1, -0.05) is 12.1 Å². The number of rotatable bonds is 4. The standard InChI is InChI=1S/C19H16N4O3/c1-12-15-4-3-5-16(25-2)18(15)26-17(12)19(24)22-13-6-8-14(9-7-13)23-11-20-10-21-23/h3-11H,1-2H3,(H,22,24). The molecule has 2 heterocycles. The summed E-state index contributed by atoms with van der Waals surface area (Å²) < 4.78 is 12.7. The van der Waals surface area contributed by atoms with Crippen LogP contribution < -0.4 is 10.1 Å². The summed E-state index contributed by atoms with van der Waals surface area (Å²) in [7, 11) is 1.57. The Morgan fingerprint density at radius 1 is 1.19 bits per heavy atom. The number of nitrogens with one attached hydrogen (secondary N) is 1. The maximum atomic E-state index is 12.6. The number of fused-ring (bicyclic) bond motifs is 1. The zero-order chi connectivity index (χ0) is 18.1. The van der Waals surface area contributed by atoms with Crippen LogP contribution in [0.4, 0.5) is 5.69 Å². The predicted molar refractivity (Wildman–Crippen MR) is 96.8 cm³/mol. The molecule has 4 aromatic rings. The van der Waals surface area contributed by atoms with Crippen molar-refractivity contribution in [1.82, 2.24) is 14.8 Å². The van der Waals surface area contributed by atoms with E-state index >= 15 is 0 Å². The molecule has 0 spiro atoms. The number of furan rings is 1. The van der Waals surface area contributed by atoms with Crippen LogP contribution in [0.15, 0.2) is 59.5 Å². The molecule has 0 aliphatic carbocycles. The van der Waals surface area contributed by atoms with Gasteiger partial charge in [-0.2, -0.15) is 5.10 Å². The average Bonchev–Trinajstić information content (AvgIpc) is 3.31. The molecule has 0 fully saturated rings. The summed E-state index contributed by atoms with van der Waals surface area (Å²) in [5, 5.41) is 7.78. The van der Waals surface area contributed by atoms with Gasteiger partial charge in [-0.05, 0) is 37.3 Å². The molecule has 4 rings (SSSR count). The average molecular weight is 348 g/mol. The first kappa shape index (κ1) is 15.9. The second kappa shape index (κ2) is 6.36. The fraction of sp³-hybridized carbons (Fsp3) is 0.105. The molecule has 0 aliphatic rings. The summed E-state index contributed by atoms with van der Waals surface area (Å²) in [4.78, 5) is 16.6. The lowest BCUT2D eigenvalue weighted by Crippen LogP contribution is -2.12. The largest absolute Gasteiger partial charge is 0.493 e. The van der Waals surface area contributed by atoms with E-state index in [0.717, 1.165) is 16.6 Å². The third kappa shape index (κ3) is 2.69. The smallest absolute Gasteiger partial charge is 0.291 e. The zero-order valence-corrected chi connectivity index (χ0v) is 14.3. The van der Waals surface area contributed by atoms with Crippen LogP contribution in [-0.2, 0) is 0 Å². The van der Waals surface area contributed by atoms with E-state index in [0.29, 0.717) is 17.0 Å². The van der Waals surface area contributed by atoms with Crippen LogP contribution in [0.3, 0.4) is 0 Å². The van der Waals surface area contributed by atoms with E-state index in [1.165, 1.54) is 6.33 Å². The molecule has 1 N–H and O–H groups in total. The van der Waals surface area contributed by atoms with Gasteiger partial charge in [0.25, 0.3) is 5.91 Å². The Morgan fingerprint density at radius 3 is 2.69 bits per heavy atom. The Balaban J connectivity index is 1.60. The van der Waals surface area contributed by atoms with Gasteiger partial charge in [0, 0.05) is 16.6 Å². The molecular formula is C19H16N4O3. The maximum absolute atomic E-state index is 12.6. The normalized spacial score (nSPS) is 10.8. The van der Waals surface area contributed by atoms with Crippen LogP contribution >= 0.6 is 0 Å². The minimum absolute atomic E-state index is 0.268. The lowest BCUT2D eigenvalue weighted by atomic mass is 10.1. The van der Waals surface area contributed by atoms with Crippen molar-refractivity contribution in [3.05, 3.63) is 66.4 Å². The van der Waals surface area contributed by atoms with Gasteiger partial charge >= 0.3 is 0 Å². The van der Waals surface area contributed by atoms with Gasteiger partial charge in [-0.3, -0.25) is 4.79 Å². The number of benzene rings is 2.